The molecule has 34 heavy (non-hydrogen) atoms. The number of hydrogen-bond acceptors (Lipinski definition) is 5. The van der Waals surface area contributed by atoms with Crippen LogP contribution in [0.25, 0.3) is 10.9 Å². The number of aromatic amines is 1. The summed E-state index contributed by atoms with van der Waals surface area (Å²) >= 11 is 0. The Morgan fingerprint density at radius 3 is 2.26 bits per heavy atom. The van der Waals surface area contributed by atoms with Gasteiger partial charge in [0, 0.05) is 23.6 Å². The SMILES string of the molecule is O=C(O)CCNCCc1c[nH]c2ccc(OCCOc3ccc(Oc4ccccc4)cc3)cc12. The lowest BCUT2D eigenvalue weighted by molar-refractivity contribution is -0.136. The number of fused-ring (bicyclic) bond motifs is 1. The summed E-state index contributed by atoms with van der Waals surface area (Å²) in [7, 11) is 0. The van der Waals surface area contributed by atoms with Gasteiger partial charge in [0.15, 0.2) is 0 Å². The molecule has 0 amide bonds. The zero-order valence-corrected chi connectivity index (χ0v) is 18.8. The predicted molar refractivity (Wildman–Crippen MR) is 131 cm³/mol. The summed E-state index contributed by atoms with van der Waals surface area (Å²) < 4.78 is 17.5. The van der Waals surface area contributed by atoms with E-state index in [1.54, 1.807) is 0 Å². The van der Waals surface area contributed by atoms with Gasteiger partial charge in [-0.15, -0.1) is 0 Å². The molecule has 176 valence electrons. The third kappa shape index (κ3) is 6.76. The van der Waals surface area contributed by atoms with Crippen LogP contribution in [0.15, 0.2) is 79.0 Å². The smallest absolute Gasteiger partial charge is 0.304 e. The molecule has 0 aliphatic heterocycles. The molecule has 3 aromatic carbocycles. The first kappa shape index (κ1) is 23.2. The molecule has 0 unspecified atom stereocenters. The van der Waals surface area contributed by atoms with E-state index in [1.807, 2.05) is 79.0 Å². The van der Waals surface area contributed by atoms with E-state index in [9.17, 15) is 4.79 Å². The van der Waals surface area contributed by atoms with Crippen molar-refractivity contribution in [3.8, 4) is 23.0 Å². The summed E-state index contributed by atoms with van der Waals surface area (Å²) in [5, 5.41) is 13.0. The standard InChI is InChI=1S/C27H28N2O5/c30-27(31)13-15-28-14-12-20-19-29-26-11-10-24(18-25(20)26)33-17-16-32-21-6-8-23(9-7-21)34-22-4-2-1-3-5-22/h1-11,18-19,28-29H,12-17H2,(H,30,31). The molecule has 4 rings (SSSR count). The first-order valence-electron chi connectivity index (χ1n) is 11.3. The number of hydrogen-bond donors (Lipinski definition) is 3. The summed E-state index contributed by atoms with van der Waals surface area (Å²) in [6, 6.07) is 23.1. The molecule has 0 aliphatic carbocycles. The molecule has 0 saturated carbocycles. The van der Waals surface area contributed by atoms with Gasteiger partial charge in [-0.2, -0.15) is 0 Å². The normalized spacial score (nSPS) is 10.8. The average Bonchev–Trinajstić information content (AvgIpc) is 3.25. The molecule has 0 spiro atoms. The van der Waals surface area contributed by atoms with Gasteiger partial charge < -0.3 is 29.6 Å². The summed E-state index contributed by atoms with van der Waals surface area (Å²) in [6.45, 7) is 2.03. The summed E-state index contributed by atoms with van der Waals surface area (Å²) in [4.78, 5) is 13.9. The van der Waals surface area contributed by atoms with Crippen molar-refractivity contribution in [3.63, 3.8) is 0 Å². The molecule has 4 aromatic rings. The van der Waals surface area contributed by atoms with Gasteiger partial charge >= 0.3 is 5.97 Å². The number of para-hydroxylation sites is 1. The third-order valence-corrected chi connectivity index (χ3v) is 5.25. The first-order valence-corrected chi connectivity index (χ1v) is 11.3. The van der Waals surface area contributed by atoms with Crippen LogP contribution in [0.2, 0.25) is 0 Å². The van der Waals surface area contributed by atoms with Gasteiger partial charge in [-0.3, -0.25) is 4.79 Å². The number of benzene rings is 3. The van der Waals surface area contributed by atoms with Crippen molar-refractivity contribution in [1.82, 2.24) is 10.3 Å². The monoisotopic (exact) mass is 460 g/mol. The molecular formula is C27H28N2O5. The van der Waals surface area contributed by atoms with Gasteiger partial charge in [-0.25, -0.2) is 0 Å². The number of rotatable bonds is 13. The number of carbonyl (C=O) groups is 1. The second-order valence-corrected chi connectivity index (χ2v) is 7.75. The molecule has 1 aromatic heterocycles. The fraction of sp³-hybridized carbons (Fsp3) is 0.222. The Kier molecular flexibility index (Phi) is 8.03. The molecular weight excluding hydrogens is 432 g/mol. The maximum absolute atomic E-state index is 10.6. The minimum absolute atomic E-state index is 0.125. The highest BCUT2D eigenvalue weighted by Crippen LogP contribution is 2.25. The third-order valence-electron chi connectivity index (χ3n) is 5.25. The second kappa shape index (κ2) is 11.8. The van der Waals surface area contributed by atoms with Gasteiger partial charge in [0.25, 0.3) is 0 Å². The highest BCUT2D eigenvalue weighted by atomic mass is 16.5. The molecule has 0 radical (unpaired) electrons. The number of aromatic nitrogens is 1. The fourth-order valence-corrected chi connectivity index (χ4v) is 3.55. The molecule has 3 N–H and O–H groups in total. The Bertz CT molecular complexity index is 1190. The van der Waals surface area contributed by atoms with Crippen LogP contribution in [0.3, 0.4) is 0 Å². The quantitative estimate of drug-likeness (QED) is 0.243. The second-order valence-electron chi connectivity index (χ2n) is 7.75. The van der Waals surface area contributed by atoms with Crippen LogP contribution >= 0.6 is 0 Å². The Morgan fingerprint density at radius 2 is 1.50 bits per heavy atom. The minimum atomic E-state index is -0.792. The van der Waals surface area contributed by atoms with Crippen LogP contribution in [0.5, 0.6) is 23.0 Å². The van der Waals surface area contributed by atoms with Crippen LogP contribution < -0.4 is 19.5 Å². The number of H-pyrrole nitrogens is 1. The van der Waals surface area contributed by atoms with E-state index in [4.69, 9.17) is 19.3 Å². The van der Waals surface area contributed by atoms with Gasteiger partial charge in [0.1, 0.15) is 36.2 Å². The average molecular weight is 461 g/mol. The first-order chi connectivity index (χ1) is 16.7. The lowest BCUT2D eigenvalue weighted by Gasteiger charge is -2.10. The summed E-state index contributed by atoms with van der Waals surface area (Å²) in [6.07, 6.45) is 2.91. The van der Waals surface area contributed by atoms with Crippen molar-refractivity contribution in [2.24, 2.45) is 0 Å². The van der Waals surface area contributed by atoms with Crippen LogP contribution in [-0.2, 0) is 11.2 Å². The summed E-state index contributed by atoms with van der Waals surface area (Å²) in [5.41, 5.74) is 2.21. The largest absolute Gasteiger partial charge is 0.490 e. The fourth-order valence-electron chi connectivity index (χ4n) is 3.55. The molecule has 0 fully saturated rings. The van der Waals surface area contributed by atoms with Crippen molar-refractivity contribution in [2.45, 2.75) is 12.8 Å². The number of aliphatic carboxylic acids is 1. The zero-order valence-electron chi connectivity index (χ0n) is 18.8. The summed E-state index contributed by atoms with van der Waals surface area (Å²) in [5.74, 6) is 2.29. The van der Waals surface area contributed by atoms with E-state index < -0.39 is 5.97 Å². The Labute approximate surface area is 198 Å². The van der Waals surface area contributed by atoms with E-state index >= 15 is 0 Å². The van der Waals surface area contributed by atoms with Crippen molar-refractivity contribution in [3.05, 3.63) is 84.6 Å². The van der Waals surface area contributed by atoms with Crippen LogP contribution in [0.4, 0.5) is 0 Å². The minimum Gasteiger partial charge on any atom is -0.490 e. The molecule has 7 heteroatoms. The maximum Gasteiger partial charge on any atom is 0.304 e. The van der Waals surface area contributed by atoms with Crippen LogP contribution in [0, 0.1) is 0 Å². The number of carboxylic acids is 1. The van der Waals surface area contributed by atoms with Crippen molar-refractivity contribution in [2.75, 3.05) is 26.3 Å². The molecule has 7 nitrogen and oxygen atoms in total. The number of carboxylic acid groups (broad SMARTS) is 1. The van der Waals surface area contributed by atoms with E-state index in [2.05, 4.69) is 10.3 Å². The molecule has 0 saturated heterocycles. The van der Waals surface area contributed by atoms with Gasteiger partial charge in [-0.1, -0.05) is 18.2 Å². The lowest BCUT2D eigenvalue weighted by Crippen LogP contribution is -2.20. The maximum atomic E-state index is 10.6. The molecule has 0 atom stereocenters. The van der Waals surface area contributed by atoms with E-state index in [1.165, 1.54) is 0 Å². The lowest BCUT2D eigenvalue weighted by atomic mass is 10.1. The highest BCUT2D eigenvalue weighted by Gasteiger charge is 2.06. The number of ether oxygens (including phenoxy) is 3. The zero-order chi connectivity index (χ0) is 23.6. The Morgan fingerprint density at radius 1 is 0.824 bits per heavy atom. The van der Waals surface area contributed by atoms with E-state index in [0.717, 1.165) is 45.9 Å². The Balaban J connectivity index is 1.22. The van der Waals surface area contributed by atoms with Gasteiger partial charge in [0.05, 0.1) is 6.42 Å². The van der Waals surface area contributed by atoms with Gasteiger partial charge in [0.2, 0.25) is 0 Å². The van der Waals surface area contributed by atoms with Gasteiger partial charge in [-0.05, 0) is 73.1 Å². The Hall–Kier alpha value is -3.97. The predicted octanol–water partition coefficient (Wildman–Crippen LogP) is 5.02. The van der Waals surface area contributed by atoms with Crippen LogP contribution in [-0.4, -0.2) is 42.4 Å². The molecule has 0 aliphatic rings. The van der Waals surface area contributed by atoms with E-state index in [-0.39, 0.29) is 6.42 Å². The van der Waals surface area contributed by atoms with Crippen molar-refractivity contribution in [1.29, 1.82) is 0 Å². The van der Waals surface area contributed by atoms with E-state index in [0.29, 0.717) is 26.3 Å². The molecule has 0 bridgehead atoms. The number of nitrogens with one attached hydrogen (secondary N) is 2. The highest BCUT2D eigenvalue weighted by molar-refractivity contribution is 5.84. The molecule has 1 heterocycles. The topological polar surface area (TPSA) is 92.8 Å². The van der Waals surface area contributed by atoms with Crippen LogP contribution in [0.1, 0.15) is 12.0 Å². The van der Waals surface area contributed by atoms with Crippen molar-refractivity contribution < 1.29 is 24.1 Å². The van der Waals surface area contributed by atoms with Crippen molar-refractivity contribution >= 4 is 16.9 Å².